The molecule has 0 aliphatic rings. The lowest BCUT2D eigenvalue weighted by Gasteiger charge is -2.05. The van der Waals surface area contributed by atoms with Gasteiger partial charge in [0.1, 0.15) is 0 Å². The van der Waals surface area contributed by atoms with Crippen molar-refractivity contribution in [1.82, 2.24) is 5.43 Å². The number of aryl methyl sites for hydroxylation is 1. The molecule has 0 radical (unpaired) electrons. The van der Waals surface area contributed by atoms with Gasteiger partial charge < -0.3 is 0 Å². The Hall–Kier alpha value is -2.13. The van der Waals surface area contributed by atoms with Crippen LogP contribution in [-0.4, -0.2) is 11.6 Å². The van der Waals surface area contributed by atoms with E-state index in [1.54, 1.807) is 25.1 Å². The summed E-state index contributed by atoms with van der Waals surface area (Å²) in [6, 6.07) is 14.7. The molecule has 0 saturated heterocycles. The molecule has 20 heavy (non-hydrogen) atoms. The van der Waals surface area contributed by atoms with Crippen molar-refractivity contribution < 1.29 is 4.79 Å². The van der Waals surface area contributed by atoms with E-state index >= 15 is 0 Å². The maximum atomic E-state index is 11.9. The predicted molar refractivity (Wildman–Crippen MR) is 82.3 cm³/mol. The first kappa shape index (κ1) is 14.3. The van der Waals surface area contributed by atoms with Gasteiger partial charge in [-0.15, -0.1) is 0 Å². The highest BCUT2D eigenvalue weighted by Gasteiger charge is 2.06. The van der Waals surface area contributed by atoms with E-state index in [2.05, 4.69) is 10.5 Å². The first-order valence-electron chi connectivity index (χ1n) is 6.24. The van der Waals surface area contributed by atoms with Crippen LogP contribution in [0.2, 0.25) is 5.02 Å². The summed E-state index contributed by atoms with van der Waals surface area (Å²) in [5.74, 6) is -0.239. The largest absolute Gasteiger partial charge is 0.271 e. The van der Waals surface area contributed by atoms with Crippen LogP contribution in [-0.2, 0) is 0 Å². The number of hydrogen-bond acceptors (Lipinski definition) is 2. The maximum Gasteiger partial charge on any atom is 0.271 e. The van der Waals surface area contributed by atoms with Gasteiger partial charge in [-0.25, -0.2) is 5.43 Å². The van der Waals surface area contributed by atoms with E-state index < -0.39 is 0 Å². The highest BCUT2D eigenvalue weighted by atomic mass is 35.5. The average molecular weight is 287 g/mol. The van der Waals surface area contributed by atoms with Crippen molar-refractivity contribution >= 4 is 23.2 Å². The molecule has 2 aromatic carbocycles. The molecule has 0 atom stereocenters. The summed E-state index contributed by atoms with van der Waals surface area (Å²) >= 11 is 6.08. The summed E-state index contributed by atoms with van der Waals surface area (Å²) in [5, 5.41) is 4.70. The minimum absolute atomic E-state index is 0.239. The first-order chi connectivity index (χ1) is 9.58. The molecule has 4 heteroatoms. The Morgan fingerprint density at radius 3 is 2.40 bits per heavy atom. The van der Waals surface area contributed by atoms with Crippen LogP contribution < -0.4 is 5.43 Å². The van der Waals surface area contributed by atoms with Crippen molar-refractivity contribution in [2.45, 2.75) is 13.8 Å². The Balaban J connectivity index is 2.11. The van der Waals surface area contributed by atoms with E-state index in [4.69, 9.17) is 11.6 Å². The van der Waals surface area contributed by atoms with Crippen molar-refractivity contribution in [3.05, 3.63) is 70.2 Å². The van der Waals surface area contributed by atoms with E-state index in [-0.39, 0.29) is 5.91 Å². The first-order valence-corrected chi connectivity index (χ1v) is 6.62. The third-order valence-corrected chi connectivity index (χ3v) is 3.23. The van der Waals surface area contributed by atoms with Crippen LogP contribution in [0.4, 0.5) is 0 Å². The van der Waals surface area contributed by atoms with Crippen molar-refractivity contribution in [2.75, 3.05) is 0 Å². The average Bonchev–Trinajstić information content (AvgIpc) is 2.45. The molecule has 0 bridgehead atoms. The minimum atomic E-state index is -0.239. The predicted octanol–water partition coefficient (Wildman–Crippen LogP) is 3.80. The van der Waals surface area contributed by atoms with Crippen molar-refractivity contribution in [2.24, 2.45) is 5.10 Å². The molecule has 2 aromatic rings. The van der Waals surface area contributed by atoms with Crippen LogP contribution in [0.3, 0.4) is 0 Å². The fourth-order valence-corrected chi connectivity index (χ4v) is 1.99. The topological polar surface area (TPSA) is 41.5 Å². The van der Waals surface area contributed by atoms with E-state index in [9.17, 15) is 4.79 Å². The van der Waals surface area contributed by atoms with Gasteiger partial charge in [0.15, 0.2) is 0 Å². The zero-order valence-electron chi connectivity index (χ0n) is 11.4. The lowest BCUT2D eigenvalue weighted by Crippen LogP contribution is -2.19. The number of halogens is 1. The smallest absolute Gasteiger partial charge is 0.267 e. The number of hydrogen-bond donors (Lipinski definition) is 1. The second-order valence-corrected chi connectivity index (χ2v) is 4.89. The van der Waals surface area contributed by atoms with Crippen LogP contribution >= 0.6 is 11.6 Å². The number of amides is 1. The van der Waals surface area contributed by atoms with E-state index in [1.807, 2.05) is 37.3 Å². The quantitative estimate of drug-likeness (QED) is 0.677. The second-order valence-electron chi connectivity index (χ2n) is 4.48. The number of carbonyl (C=O) groups excluding carboxylic acids is 1. The molecule has 102 valence electrons. The van der Waals surface area contributed by atoms with Crippen LogP contribution in [0.5, 0.6) is 0 Å². The van der Waals surface area contributed by atoms with Crippen molar-refractivity contribution in [1.29, 1.82) is 0 Å². The van der Waals surface area contributed by atoms with Gasteiger partial charge in [-0.1, -0.05) is 47.5 Å². The monoisotopic (exact) mass is 286 g/mol. The van der Waals surface area contributed by atoms with Gasteiger partial charge in [-0.2, -0.15) is 5.10 Å². The summed E-state index contributed by atoms with van der Waals surface area (Å²) in [5.41, 5.74) is 5.69. The molecule has 1 amide bonds. The van der Waals surface area contributed by atoms with Gasteiger partial charge in [0.05, 0.1) is 5.71 Å². The fourth-order valence-electron chi connectivity index (χ4n) is 1.72. The molecule has 0 saturated carbocycles. The summed E-state index contributed by atoms with van der Waals surface area (Å²) in [7, 11) is 0. The Morgan fingerprint density at radius 2 is 1.75 bits per heavy atom. The SMILES string of the molecule is C/C(=N/NC(=O)c1ccc(C)cc1)c1ccccc1Cl. The third kappa shape index (κ3) is 3.45. The Bertz CT molecular complexity index is 648. The van der Waals surface area contributed by atoms with E-state index in [0.717, 1.165) is 11.1 Å². The van der Waals surface area contributed by atoms with Crippen molar-refractivity contribution in [3.63, 3.8) is 0 Å². The number of carbonyl (C=O) groups is 1. The number of nitrogens with one attached hydrogen (secondary N) is 1. The van der Waals surface area contributed by atoms with E-state index in [0.29, 0.717) is 16.3 Å². The molecular weight excluding hydrogens is 272 g/mol. The number of rotatable bonds is 3. The van der Waals surface area contributed by atoms with Gasteiger partial charge in [-0.3, -0.25) is 4.79 Å². The zero-order chi connectivity index (χ0) is 14.5. The highest BCUT2D eigenvalue weighted by Crippen LogP contribution is 2.15. The molecule has 0 aliphatic heterocycles. The van der Waals surface area contributed by atoms with Crippen LogP contribution in [0.25, 0.3) is 0 Å². The van der Waals surface area contributed by atoms with Gasteiger partial charge in [0.25, 0.3) is 5.91 Å². The standard InChI is InChI=1S/C16H15ClN2O/c1-11-7-9-13(10-8-11)16(20)19-18-12(2)14-5-3-4-6-15(14)17/h3-10H,1-2H3,(H,19,20)/b18-12-. The molecule has 0 unspecified atom stereocenters. The summed E-state index contributed by atoms with van der Waals surface area (Å²) in [6.45, 7) is 3.78. The molecule has 0 spiro atoms. The third-order valence-electron chi connectivity index (χ3n) is 2.90. The van der Waals surface area contributed by atoms with Crippen LogP contribution in [0.1, 0.15) is 28.4 Å². The summed E-state index contributed by atoms with van der Waals surface area (Å²) in [6.07, 6.45) is 0. The molecule has 0 aliphatic carbocycles. The van der Waals surface area contributed by atoms with E-state index in [1.165, 1.54) is 0 Å². The minimum Gasteiger partial charge on any atom is -0.267 e. The van der Waals surface area contributed by atoms with Gasteiger partial charge >= 0.3 is 0 Å². The van der Waals surface area contributed by atoms with Gasteiger partial charge in [-0.05, 0) is 32.0 Å². The lowest BCUT2D eigenvalue weighted by atomic mass is 10.1. The molecule has 0 aromatic heterocycles. The molecule has 0 fully saturated rings. The normalized spacial score (nSPS) is 11.2. The van der Waals surface area contributed by atoms with Crippen LogP contribution in [0, 0.1) is 6.92 Å². The Morgan fingerprint density at radius 1 is 1.10 bits per heavy atom. The number of nitrogens with zero attached hydrogens (tertiary/aromatic N) is 1. The summed E-state index contributed by atoms with van der Waals surface area (Å²) < 4.78 is 0. The Kier molecular flexibility index (Phi) is 4.53. The van der Waals surface area contributed by atoms with Gasteiger partial charge in [0.2, 0.25) is 0 Å². The second kappa shape index (κ2) is 6.35. The number of hydrazone groups is 1. The fraction of sp³-hybridized carbons (Fsp3) is 0.125. The molecular formula is C16H15ClN2O. The number of benzene rings is 2. The highest BCUT2D eigenvalue weighted by molar-refractivity contribution is 6.34. The molecule has 2 rings (SSSR count). The van der Waals surface area contributed by atoms with Crippen LogP contribution in [0.15, 0.2) is 53.6 Å². The zero-order valence-corrected chi connectivity index (χ0v) is 12.1. The maximum absolute atomic E-state index is 11.9. The lowest BCUT2D eigenvalue weighted by molar-refractivity contribution is 0.0955. The molecule has 0 heterocycles. The summed E-state index contributed by atoms with van der Waals surface area (Å²) in [4.78, 5) is 11.9. The molecule has 3 nitrogen and oxygen atoms in total. The van der Waals surface area contributed by atoms with Crippen molar-refractivity contribution in [3.8, 4) is 0 Å². The Labute approximate surface area is 123 Å². The molecule has 1 N–H and O–H groups in total. The van der Waals surface area contributed by atoms with Gasteiger partial charge in [0, 0.05) is 16.1 Å².